The van der Waals surface area contributed by atoms with Crippen molar-refractivity contribution in [3.8, 4) is 5.75 Å². The molecule has 0 radical (unpaired) electrons. The first-order chi connectivity index (χ1) is 11.6. The van der Waals surface area contributed by atoms with Crippen LogP contribution >= 0.6 is 0 Å². The Kier molecular flexibility index (Phi) is 5.33. The molecule has 3 rings (SSSR count). The van der Waals surface area contributed by atoms with Crippen LogP contribution in [0.4, 0.5) is 4.39 Å². The fourth-order valence-electron chi connectivity index (χ4n) is 3.52. The molecule has 5 nitrogen and oxygen atoms in total. The average molecular weight is 334 g/mol. The van der Waals surface area contributed by atoms with Gasteiger partial charge in [0.25, 0.3) is 0 Å². The topological polar surface area (TPSA) is 58.6 Å². The van der Waals surface area contributed by atoms with Gasteiger partial charge in [-0.25, -0.2) is 4.39 Å². The molecular weight excluding hydrogens is 311 g/mol. The van der Waals surface area contributed by atoms with Crippen LogP contribution in [0.3, 0.4) is 0 Å². The second kappa shape index (κ2) is 7.64. The van der Waals surface area contributed by atoms with Gasteiger partial charge in [-0.2, -0.15) is 0 Å². The van der Waals surface area contributed by atoms with Gasteiger partial charge in [-0.3, -0.25) is 9.59 Å². The summed E-state index contributed by atoms with van der Waals surface area (Å²) < 4.78 is 18.4. The molecule has 1 saturated heterocycles. The number of nitrogens with zero attached hydrogens (tertiary/aromatic N) is 1. The number of nitrogens with one attached hydrogen (secondary N) is 1. The Hall–Kier alpha value is -2.11. The van der Waals surface area contributed by atoms with E-state index >= 15 is 0 Å². The van der Waals surface area contributed by atoms with Crippen LogP contribution in [0.2, 0.25) is 0 Å². The molecule has 1 atom stereocenters. The lowest BCUT2D eigenvalue weighted by molar-refractivity contribution is -0.130. The lowest BCUT2D eigenvalue weighted by Crippen LogP contribution is -2.37. The quantitative estimate of drug-likeness (QED) is 0.811. The molecule has 130 valence electrons. The van der Waals surface area contributed by atoms with Gasteiger partial charge in [0.15, 0.2) is 0 Å². The highest BCUT2D eigenvalue weighted by Crippen LogP contribution is 2.29. The standard InChI is InChI=1S/C18H23FN2O3/c19-14-4-3-7-16(11-14)24-9-8-20-18(23)13-10-17(22)21(12-13)15-5-1-2-6-15/h3-4,7,11,13,15H,1-2,5-6,8-10,12H2,(H,20,23)/t13-/m1/s1. The molecule has 1 heterocycles. The van der Waals surface area contributed by atoms with E-state index in [1.165, 1.54) is 25.0 Å². The molecule has 0 aromatic heterocycles. The van der Waals surface area contributed by atoms with E-state index in [1.807, 2.05) is 4.90 Å². The number of ether oxygens (including phenoxy) is 1. The van der Waals surface area contributed by atoms with Crippen molar-refractivity contribution in [1.82, 2.24) is 10.2 Å². The minimum absolute atomic E-state index is 0.0954. The predicted molar refractivity (Wildman–Crippen MR) is 87.0 cm³/mol. The van der Waals surface area contributed by atoms with E-state index in [-0.39, 0.29) is 30.2 Å². The van der Waals surface area contributed by atoms with Crippen LogP contribution in [0.15, 0.2) is 24.3 Å². The van der Waals surface area contributed by atoms with Crippen LogP contribution in [0.25, 0.3) is 0 Å². The van der Waals surface area contributed by atoms with Crippen LogP contribution < -0.4 is 10.1 Å². The zero-order chi connectivity index (χ0) is 16.9. The third kappa shape index (κ3) is 4.04. The number of likely N-dealkylation sites (tertiary alicyclic amines) is 1. The fourth-order valence-corrected chi connectivity index (χ4v) is 3.52. The maximum absolute atomic E-state index is 13.0. The molecule has 1 aromatic rings. The molecule has 1 aliphatic carbocycles. The summed E-state index contributed by atoms with van der Waals surface area (Å²) in [6.07, 6.45) is 4.75. The van der Waals surface area contributed by atoms with Gasteiger partial charge >= 0.3 is 0 Å². The Balaban J connectivity index is 1.40. The highest BCUT2D eigenvalue weighted by molar-refractivity contribution is 5.89. The number of hydrogen-bond acceptors (Lipinski definition) is 3. The molecule has 1 N–H and O–H groups in total. The average Bonchev–Trinajstić information content (AvgIpc) is 3.20. The molecule has 1 aromatic carbocycles. The molecule has 1 aliphatic heterocycles. The smallest absolute Gasteiger partial charge is 0.225 e. The summed E-state index contributed by atoms with van der Waals surface area (Å²) in [4.78, 5) is 26.2. The highest BCUT2D eigenvalue weighted by Gasteiger charge is 2.38. The highest BCUT2D eigenvalue weighted by atomic mass is 19.1. The Morgan fingerprint density at radius 3 is 2.88 bits per heavy atom. The number of rotatable bonds is 6. The third-order valence-electron chi connectivity index (χ3n) is 4.76. The van der Waals surface area contributed by atoms with E-state index in [0.29, 0.717) is 31.3 Å². The summed E-state index contributed by atoms with van der Waals surface area (Å²) in [5, 5.41) is 2.80. The Labute approximate surface area is 141 Å². The summed E-state index contributed by atoms with van der Waals surface area (Å²) in [6.45, 7) is 1.13. The maximum Gasteiger partial charge on any atom is 0.225 e. The minimum atomic E-state index is -0.354. The summed E-state index contributed by atoms with van der Waals surface area (Å²) in [5.41, 5.74) is 0. The monoisotopic (exact) mass is 334 g/mol. The van der Waals surface area contributed by atoms with Gasteiger partial charge in [0.1, 0.15) is 18.2 Å². The van der Waals surface area contributed by atoms with E-state index in [4.69, 9.17) is 4.74 Å². The Morgan fingerprint density at radius 2 is 2.12 bits per heavy atom. The van der Waals surface area contributed by atoms with Crippen molar-refractivity contribution in [2.45, 2.75) is 38.1 Å². The van der Waals surface area contributed by atoms with E-state index < -0.39 is 0 Å². The molecule has 0 unspecified atom stereocenters. The second-order valence-electron chi connectivity index (χ2n) is 6.48. The van der Waals surface area contributed by atoms with Crippen LogP contribution in [-0.4, -0.2) is 42.5 Å². The van der Waals surface area contributed by atoms with Gasteiger partial charge in [0.05, 0.1) is 12.5 Å². The van der Waals surface area contributed by atoms with Crippen molar-refractivity contribution in [3.05, 3.63) is 30.1 Å². The van der Waals surface area contributed by atoms with Gasteiger partial charge in [0, 0.05) is 25.1 Å². The van der Waals surface area contributed by atoms with Crippen LogP contribution in [0.1, 0.15) is 32.1 Å². The number of hydrogen-bond donors (Lipinski definition) is 1. The minimum Gasteiger partial charge on any atom is -0.492 e. The maximum atomic E-state index is 13.0. The van der Waals surface area contributed by atoms with Crippen LogP contribution in [0, 0.1) is 11.7 Å². The fraction of sp³-hybridized carbons (Fsp3) is 0.556. The van der Waals surface area contributed by atoms with Crippen molar-refractivity contribution in [2.24, 2.45) is 5.92 Å². The Bertz CT molecular complexity index is 602. The normalized spacial score (nSPS) is 21.3. The Morgan fingerprint density at radius 1 is 1.33 bits per heavy atom. The summed E-state index contributed by atoms with van der Waals surface area (Å²) in [6, 6.07) is 6.22. The molecule has 6 heteroatoms. The van der Waals surface area contributed by atoms with Crippen LogP contribution in [-0.2, 0) is 9.59 Å². The lowest BCUT2D eigenvalue weighted by Gasteiger charge is -2.23. The van der Waals surface area contributed by atoms with Gasteiger partial charge in [-0.15, -0.1) is 0 Å². The van der Waals surface area contributed by atoms with Gasteiger partial charge < -0.3 is 15.0 Å². The van der Waals surface area contributed by atoms with E-state index in [9.17, 15) is 14.0 Å². The molecule has 2 aliphatic rings. The first-order valence-electron chi connectivity index (χ1n) is 8.59. The lowest BCUT2D eigenvalue weighted by atomic mass is 10.1. The molecular formula is C18H23FN2O3. The second-order valence-corrected chi connectivity index (χ2v) is 6.48. The SMILES string of the molecule is O=C(NCCOc1cccc(F)c1)[C@@H]1CC(=O)N(C2CCCC2)C1. The largest absolute Gasteiger partial charge is 0.492 e. The van der Waals surface area contributed by atoms with Crippen molar-refractivity contribution < 1.29 is 18.7 Å². The molecule has 0 bridgehead atoms. The van der Waals surface area contributed by atoms with Crippen molar-refractivity contribution in [1.29, 1.82) is 0 Å². The first kappa shape index (κ1) is 16.7. The zero-order valence-corrected chi connectivity index (χ0v) is 13.7. The number of carbonyl (C=O) groups is 2. The molecule has 1 saturated carbocycles. The van der Waals surface area contributed by atoms with E-state index in [0.717, 1.165) is 12.8 Å². The third-order valence-corrected chi connectivity index (χ3v) is 4.76. The van der Waals surface area contributed by atoms with E-state index in [1.54, 1.807) is 12.1 Å². The van der Waals surface area contributed by atoms with E-state index in [2.05, 4.69) is 5.32 Å². The zero-order valence-electron chi connectivity index (χ0n) is 13.7. The van der Waals surface area contributed by atoms with Gasteiger partial charge in [-0.1, -0.05) is 18.9 Å². The van der Waals surface area contributed by atoms with Gasteiger partial charge in [0.2, 0.25) is 11.8 Å². The molecule has 24 heavy (non-hydrogen) atoms. The predicted octanol–water partition coefficient (Wildman–Crippen LogP) is 2.11. The number of amides is 2. The molecule has 2 fully saturated rings. The van der Waals surface area contributed by atoms with Crippen LogP contribution in [0.5, 0.6) is 5.75 Å². The summed E-state index contributed by atoms with van der Waals surface area (Å²) >= 11 is 0. The first-order valence-corrected chi connectivity index (χ1v) is 8.59. The number of carbonyl (C=O) groups excluding carboxylic acids is 2. The number of halogens is 1. The number of benzene rings is 1. The molecule has 2 amide bonds. The van der Waals surface area contributed by atoms with Crippen molar-refractivity contribution in [2.75, 3.05) is 19.7 Å². The van der Waals surface area contributed by atoms with Crippen molar-refractivity contribution >= 4 is 11.8 Å². The summed E-state index contributed by atoms with van der Waals surface area (Å²) in [7, 11) is 0. The van der Waals surface area contributed by atoms with Crippen molar-refractivity contribution in [3.63, 3.8) is 0 Å². The van der Waals surface area contributed by atoms with Gasteiger partial charge in [-0.05, 0) is 25.0 Å². The molecule has 0 spiro atoms. The summed E-state index contributed by atoms with van der Waals surface area (Å²) in [5.74, 6) is -0.197.